The van der Waals surface area contributed by atoms with Crippen LogP contribution in [0.4, 0.5) is 5.69 Å². The van der Waals surface area contributed by atoms with Gasteiger partial charge in [-0.25, -0.2) is 0 Å². The summed E-state index contributed by atoms with van der Waals surface area (Å²) in [7, 11) is 0. The molecule has 1 nitrogen and oxygen atoms in total. The van der Waals surface area contributed by atoms with Crippen LogP contribution in [0.25, 0.3) is 10.4 Å². The van der Waals surface area contributed by atoms with Crippen molar-refractivity contribution in [1.29, 1.82) is 0 Å². The van der Waals surface area contributed by atoms with Gasteiger partial charge in [0.05, 0.1) is 0 Å². The number of para-hydroxylation sites is 1. The highest BCUT2D eigenvalue weighted by Gasteiger charge is 2.03. The maximum Gasteiger partial charge on any atom is 0.0428 e. The molecule has 0 atom stereocenters. The van der Waals surface area contributed by atoms with Crippen LogP contribution in [0.15, 0.2) is 41.8 Å². The van der Waals surface area contributed by atoms with Crippen LogP contribution in [0.5, 0.6) is 0 Å². The topological polar surface area (TPSA) is 12.0 Å². The van der Waals surface area contributed by atoms with Gasteiger partial charge in [-0.15, -0.1) is 11.3 Å². The largest absolute Gasteiger partial charge is 0.385 e. The van der Waals surface area contributed by atoms with Crippen molar-refractivity contribution in [2.24, 2.45) is 0 Å². The molecule has 0 saturated heterocycles. The zero-order chi connectivity index (χ0) is 9.80. The lowest BCUT2D eigenvalue weighted by molar-refractivity contribution is 1.21. The van der Waals surface area contributed by atoms with E-state index in [-0.39, 0.29) is 0 Å². The highest BCUT2D eigenvalue weighted by molar-refractivity contribution is 7.13. The Morgan fingerprint density at radius 1 is 1.14 bits per heavy atom. The molecule has 0 fully saturated rings. The van der Waals surface area contributed by atoms with E-state index in [1.807, 2.05) is 0 Å². The van der Waals surface area contributed by atoms with Crippen LogP contribution in [0.1, 0.15) is 6.92 Å². The van der Waals surface area contributed by atoms with Crippen LogP contribution < -0.4 is 5.32 Å². The zero-order valence-electron chi connectivity index (χ0n) is 8.16. The highest BCUT2D eigenvalue weighted by Crippen LogP contribution is 2.30. The Bertz CT molecular complexity index is 392. The van der Waals surface area contributed by atoms with Crippen LogP contribution in [0.2, 0.25) is 0 Å². The second-order valence-corrected chi connectivity index (χ2v) is 4.00. The standard InChI is InChI=1S/C12H13NS/c1-2-13-11-7-4-3-6-10(11)12-8-5-9-14-12/h3-9,13H,2H2,1H3. The fourth-order valence-corrected chi connectivity index (χ4v) is 2.24. The summed E-state index contributed by atoms with van der Waals surface area (Å²) in [5.74, 6) is 0. The van der Waals surface area contributed by atoms with Crippen LogP contribution in [-0.2, 0) is 0 Å². The van der Waals surface area contributed by atoms with Gasteiger partial charge in [-0.3, -0.25) is 0 Å². The van der Waals surface area contributed by atoms with E-state index in [2.05, 4.69) is 54.0 Å². The van der Waals surface area contributed by atoms with Gasteiger partial charge in [-0.1, -0.05) is 24.3 Å². The molecule has 0 spiro atoms. The van der Waals surface area contributed by atoms with Gasteiger partial charge in [0.25, 0.3) is 0 Å². The molecule has 0 aliphatic heterocycles. The molecule has 72 valence electrons. The van der Waals surface area contributed by atoms with Crippen molar-refractivity contribution in [1.82, 2.24) is 0 Å². The van der Waals surface area contributed by atoms with Gasteiger partial charge in [0.15, 0.2) is 0 Å². The number of thiophene rings is 1. The summed E-state index contributed by atoms with van der Waals surface area (Å²) in [6, 6.07) is 12.7. The minimum Gasteiger partial charge on any atom is -0.385 e. The van der Waals surface area contributed by atoms with Crippen molar-refractivity contribution in [3.63, 3.8) is 0 Å². The summed E-state index contributed by atoms with van der Waals surface area (Å²) in [6.07, 6.45) is 0. The summed E-state index contributed by atoms with van der Waals surface area (Å²) in [4.78, 5) is 1.32. The van der Waals surface area contributed by atoms with E-state index in [1.165, 1.54) is 16.1 Å². The molecular weight excluding hydrogens is 190 g/mol. The van der Waals surface area contributed by atoms with Crippen molar-refractivity contribution in [2.75, 3.05) is 11.9 Å². The Morgan fingerprint density at radius 2 is 2.00 bits per heavy atom. The molecule has 1 aromatic carbocycles. The second-order valence-electron chi connectivity index (χ2n) is 3.05. The van der Waals surface area contributed by atoms with Crippen LogP contribution in [0.3, 0.4) is 0 Å². The average Bonchev–Trinajstić information content (AvgIpc) is 2.72. The average molecular weight is 203 g/mol. The second kappa shape index (κ2) is 4.29. The minimum absolute atomic E-state index is 0.961. The normalized spacial score (nSPS) is 10.1. The Labute approximate surface area is 88.4 Å². The van der Waals surface area contributed by atoms with Gasteiger partial charge >= 0.3 is 0 Å². The molecule has 1 heterocycles. The molecule has 0 bridgehead atoms. The summed E-state index contributed by atoms with van der Waals surface area (Å²) in [6.45, 7) is 3.08. The van der Waals surface area contributed by atoms with E-state index in [4.69, 9.17) is 0 Å². The van der Waals surface area contributed by atoms with Crippen molar-refractivity contribution >= 4 is 17.0 Å². The predicted molar refractivity (Wildman–Crippen MR) is 63.9 cm³/mol. The monoisotopic (exact) mass is 203 g/mol. The molecule has 0 aliphatic rings. The highest BCUT2D eigenvalue weighted by atomic mass is 32.1. The number of nitrogens with one attached hydrogen (secondary N) is 1. The molecule has 0 unspecified atom stereocenters. The summed E-state index contributed by atoms with van der Waals surface area (Å²) in [5, 5.41) is 5.48. The predicted octanol–water partition coefficient (Wildman–Crippen LogP) is 3.85. The van der Waals surface area contributed by atoms with Crippen LogP contribution >= 0.6 is 11.3 Å². The van der Waals surface area contributed by atoms with Gasteiger partial charge in [-0.05, 0) is 24.4 Å². The van der Waals surface area contributed by atoms with E-state index in [0.29, 0.717) is 0 Å². The first kappa shape index (κ1) is 9.28. The Hall–Kier alpha value is -1.28. The van der Waals surface area contributed by atoms with Crippen molar-refractivity contribution in [2.45, 2.75) is 6.92 Å². The Balaban J connectivity index is 2.42. The molecule has 1 aromatic heterocycles. The molecule has 0 aliphatic carbocycles. The first-order chi connectivity index (χ1) is 6.92. The van der Waals surface area contributed by atoms with Crippen LogP contribution in [-0.4, -0.2) is 6.54 Å². The van der Waals surface area contributed by atoms with Crippen molar-refractivity contribution in [3.8, 4) is 10.4 Å². The van der Waals surface area contributed by atoms with Gasteiger partial charge < -0.3 is 5.32 Å². The molecule has 0 amide bonds. The SMILES string of the molecule is CCNc1ccccc1-c1cccs1. The van der Waals surface area contributed by atoms with Gasteiger partial charge in [0, 0.05) is 22.7 Å². The number of anilines is 1. The molecule has 0 radical (unpaired) electrons. The fraction of sp³-hybridized carbons (Fsp3) is 0.167. The first-order valence-corrected chi connectivity index (χ1v) is 5.66. The zero-order valence-corrected chi connectivity index (χ0v) is 8.97. The molecule has 2 rings (SSSR count). The van der Waals surface area contributed by atoms with E-state index >= 15 is 0 Å². The molecule has 14 heavy (non-hydrogen) atoms. The number of hydrogen-bond acceptors (Lipinski definition) is 2. The number of benzene rings is 1. The lowest BCUT2D eigenvalue weighted by atomic mass is 10.1. The lowest BCUT2D eigenvalue weighted by Crippen LogP contribution is -1.97. The van der Waals surface area contributed by atoms with E-state index in [0.717, 1.165) is 6.54 Å². The third kappa shape index (κ3) is 1.80. The third-order valence-corrected chi connectivity index (χ3v) is 2.98. The van der Waals surface area contributed by atoms with Crippen molar-refractivity contribution < 1.29 is 0 Å². The smallest absolute Gasteiger partial charge is 0.0428 e. The molecule has 0 saturated carbocycles. The maximum absolute atomic E-state index is 3.37. The quantitative estimate of drug-likeness (QED) is 0.799. The Kier molecular flexibility index (Phi) is 2.84. The Morgan fingerprint density at radius 3 is 2.71 bits per heavy atom. The molecule has 1 N–H and O–H groups in total. The summed E-state index contributed by atoms with van der Waals surface area (Å²) in [5.41, 5.74) is 2.52. The maximum atomic E-state index is 3.37. The van der Waals surface area contributed by atoms with Crippen molar-refractivity contribution in [3.05, 3.63) is 41.8 Å². The van der Waals surface area contributed by atoms with Gasteiger partial charge in [-0.2, -0.15) is 0 Å². The van der Waals surface area contributed by atoms with Gasteiger partial charge in [0.1, 0.15) is 0 Å². The number of hydrogen-bond donors (Lipinski definition) is 1. The third-order valence-electron chi connectivity index (χ3n) is 2.08. The van der Waals surface area contributed by atoms with Crippen LogP contribution in [0, 0.1) is 0 Å². The molecule has 2 heteroatoms. The summed E-state index contributed by atoms with van der Waals surface area (Å²) < 4.78 is 0. The lowest BCUT2D eigenvalue weighted by Gasteiger charge is -2.08. The fourth-order valence-electron chi connectivity index (χ4n) is 1.47. The van der Waals surface area contributed by atoms with E-state index < -0.39 is 0 Å². The number of rotatable bonds is 3. The minimum atomic E-state index is 0.961. The molecular formula is C12H13NS. The van der Waals surface area contributed by atoms with Gasteiger partial charge in [0.2, 0.25) is 0 Å². The van der Waals surface area contributed by atoms with E-state index in [1.54, 1.807) is 11.3 Å². The first-order valence-electron chi connectivity index (χ1n) is 4.78. The van der Waals surface area contributed by atoms with E-state index in [9.17, 15) is 0 Å². The molecule has 2 aromatic rings. The summed E-state index contributed by atoms with van der Waals surface area (Å²) >= 11 is 1.78.